The Morgan fingerprint density at radius 2 is 1.95 bits per heavy atom. The van der Waals surface area contributed by atoms with Crippen LogP contribution in [0.4, 0.5) is 11.8 Å². The van der Waals surface area contributed by atoms with Crippen LogP contribution in [-0.4, -0.2) is 15.0 Å². The van der Waals surface area contributed by atoms with E-state index in [-0.39, 0.29) is 0 Å². The largest absolute Gasteiger partial charge is 0.324 e. The molecule has 0 aliphatic rings. The number of hydrogen-bond donors (Lipinski definition) is 2. The van der Waals surface area contributed by atoms with Crippen LogP contribution in [0.2, 0.25) is 10.0 Å². The lowest BCUT2D eigenvalue weighted by atomic mass is 10.3. The number of aromatic nitrogens is 3. The summed E-state index contributed by atoms with van der Waals surface area (Å²) in [5.74, 6) is 1.33. The molecular weight excluding hydrogens is 283 g/mol. The fraction of sp³-hybridized carbons (Fsp3) is 0.0769. The molecule has 3 rings (SSSR count). The number of benzene rings is 1. The summed E-state index contributed by atoms with van der Waals surface area (Å²) in [6, 6.07) is 7.34. The second-order valence-electron chi connectivity index (χ2n) is 4.21. The number of halogens is 2. The number of nitrogens with zero attached hydrogens (tertiary/aromatic N) is 2. The molecule has 2 aromatic heterocycles. The molecule has 0 saturated heterocycles. The quantitative estimate of drug-likeness (QED) is 0.740. The van der Waals surface area contributed by atoms with Gasteiger partial charge in [-0.3, -0.25) is 0 Å². The molecule has 0 saturated carbocycles. The van der Waals surface area contributed by atoms with E-state index >= 15 is 0 Å². The lowest BCUT2D eigenvalue weighted by Gasteiger charge is -2.00. The molecule has 4 nitrogen and oxygen atoms in total. The average Bonchev–Trinajstić information content (AvgIpc) is 2.74. The second kappa shape index (κ2) is 4.72. The number of rotatable bonds is 2. The van der Waals surface area contributed by atoms with Crippen molar-refractivity contribution in [3.8, 4) is 0 Å². The van der Waals surface area contributed by atoms with Crippen LogP contribution in [0.1, 0.15) is 5.56 Å². The highest BCUT2D eigenvalue weighted by atomic mass is 35.5. The monoisotopic (exact) mass is 292 g/mol. The topological polar surface area (TPSA) is 53.6 Å². The molecule has 0 bridgehead atoms. The van der Waals surface area contributed by atoms with Crippen molar-refractivity contribution < 1.29 is 0 Å². The van der Waals surface area contributed by atoms with Gasteiger partial charge in [-0.25, -0.2) is 9.97 Å². The third-order valence-corrected chi connectivity index (χ3v) is 3.40. The molecule has 0 unspecified atom stereocenters. The number of H-pyrrole nitrogens is 1. The molecule has 0 fully saturated rings. The molecule has 96 valence electrons. The average molecular weight is 293 g/mol. The van der Waals surface area contributed by atoms with Crippen LogP contribution >= 0.6 is 23.2 Å². The fourth-order valence-corrected chi connectivity index (χ4v) is 2.05. The summed E-state index contributed by atoms with van der Waals surface area (Å²) in [4.78, 5) is 11.8. The smallest absolute Gasteiger partial charge is 0.206 e. The molecule has 6 heteroatoms. The van der Waals surface area contributed by atoms with Crippen molar-refractivity contribution in [3.63, 3.8) is 0 Å². The summed E-state index contributed by atoms with van der Waals surface area (Å²) < 4.78 is 0. The van der Waals surface area contributed by atoms with Crippen molar-refractivity contribution in [1.82, 2.24) is 15.0 Å². The molecule has 0 atom stereocenters. The van der Waals surface area contributed by atoms with Gasteiger partial charge in [-0.1, -0.05) is 29.3 Å². The summed E-state index contributed by atoms with van der Waals surface area (Å²) in [7, 11) is 0. The predicted molar refractivity (Wildman–Crippen MR) is 78.4 cm³/mol. The number of nitrogens with one attached hydrogen (secondary N) is 2. The van der Waals surface area contributed by atoms with Crippen molar-refractivity contribution in [2.24, 2.45) is 0 Å². The van der Waals surface area contributed by atoms with Crippen LogP contribution in [0.25, 0.3) is 11.0 Å². The van der Waals surface area contributed by atoms with Crippen LogP contribution in [0, 0.1) is 6.92 Å². The van der Waals surface area contributed by atoms with Gasteiger partial charge in [0.2, 0.25) is 5.95 Å². The molecule has 3 aromatic rings. The number of pyridine rings is 1. The van der Waals surface area contributed by atoms with Crippen LogP contribution in [0.3, 0.4) is 0 Å². The third-order valence-electron chi connectivity index (χ3n) is 2.68. The summed E-state index contributed by atoms with van der Waals surface area (Å²) in [5, 5.41) is 4.08. The summed E-state index contributed by atoms with van der Waals surface area (Å²) >= 11 is 11.9. The van der Waals surface area contributed by atoms with Crippen molar-refractivity contribution in [3.05, 3.63) is 46.1 Å². The molecule has 2 N–H and O–H groups in total. The Labute approximate surface area is 119 Å². The van der Waals surface area contributed by atoms with E-state index < -0.39 is 0 Å². The minimum Gasteiger partial charge on any atom is -0.324 e. The summed E-state index contributed by atoms with van der Waals surface area (Å²) in [6.45, 7) is 1.99. The van der Waals surface area contributed by atoms with Crippen molar-refractivity contribution in [1.29, 1.82) is 0 Å². The van der Waals surface area contributed by atoms with Crippen molar-refractivity contribution in [2.45, 2.75) is 6.92 Å². The Morgan fingerprint density at radius 1 is 1.16 bits per heavy atom. The zero-order chi connectivity index (χ0) is 13.4. The van der Waals surface area contributed by atoms with Crippen LogP contribution in [0.15, 0.2) is 30.5 Å². The first-order chi connectivity index (χ1) is 9.11. The van der Waals surface area contributed by atoms with Crippen LogP contribution in [-0.2, 0) is 0 Å². The van der Waals surface area contributed by atoms with E-state index in [4.69, 9.17) is 23.2 Å². The molecule has 2 heterocycles. The van der Waals surface area contributed by atoms with E-state index in [1.54, 1.807) is 18.3 Å². The fourth-order valence-electron chi connectivity index (χ4n) is 1.73. The Morgan fingerprint density at radius 3 is 2.68 bits per heavy atom. The van der Waals surface area contributed by atoms with E-state index in [1.807, 2.05) is 19.1 Å². The maximum absolute atomic E-state index is 5.96. The first-order valence-electron chi connectivity index (χ1n) is 5.66. The highest BCUT2D eigenvalue weighted by Crippen LogP contribution is 2.27. The van der Waals surface area contributed by atoms with E-state index in [0.717, 1.165) is 22.4 Å². The Bertz CT molecular complexity index is 695. The number of fused-ring (bicyclic) bond motifs is 1. The molecule has 0 spiro atoms. The van der Waals surface area contributed by atoms with E-state index in [1.165, 1.54) is 0 Å². The maximum atomic E-state index is 5.96. The van der Waals surface area contributed by atoms with Gasteiger partial charge in [0.25, 0.3) is 0 Å². The van der Waals surface area contributed by atoms with Gasteiger partial charge in [-0.15, -0.1) is 0 Å². The van der Waals surface area contributed by atoms with Crippen molar-refractivity contribution >= 4 is 46.0 Å². The van der Waals surface area contributed by atoms with Crippen molar-refractivity contribution in [2.75, 3.05) is 5.32 Å². The molecule has 0 aliphatic carbocycles. The predicted octanol–water partition coefficient (Wildman–Crippen LogP) is 4.32. The second-order valence-corrected chi connectivity index (χ2v) is 5.03. The lowest BCUT2D eigenvalue weighted by Crippen LogP contribution is -1.94. The van der Waals surface area contributed by atoms with Crippen LogP contribution < -0.4 is 5.32 Å². The number of aryl methyl sites for hydroxylation is 1. The minimum atomic E-state index is 0.487. The molecule has 0 aliphatic heterocycles. The number of hydrogen-bond acceptors (Lipinski definition) is 3. The van der Waals surface area contributed by atoms with Gasteiger partial charge in [0.05, 0.1) is 21.1 Å². The molecular formula is C13H10Cl2N4. The lowest BCUT2D eigenvalue weighted by molar-refractivity contribution is 1.22. The number of aromatic amines is 1. The third kappa shape index (κ3) is 2.50. The standard InChI is InChI=1S/C13H10Cl2N4/c1-7-2-3-12(16-6-7)19-13-17-10-4-8(14)9(15)5-11(10)18-13/h2-6H,1H3,(H2,16,17,18,19). The van der Waals surface area contributed by atoms with E-state index in [2.05, 4.69) is 20.3 Å². The van der Waals surface area contributed by atoms with E-state index in [9.17, 15) is 0 Å². The summed E-state index contributed by atoms with van der Waals surface area (Å²) in [6.07, 6.45) is 1.79. The van der Waals surface area contributed by atoms with Gasteiger partial charge in [0, 0.05) is 6.20 Å². The Hall–Kier alpha value is -1.78. The Kier molecular flexibility index (Phi) is 3.05. The Balaban J connectivity index is 1.95. The zero-order valence-electron chi connectivity index (χ0n) is 10.0. The zero-order valence-corrected chi connectivity index (χ0v) is 11.5. The molecule has 19 heavy (non-hydrogen) atoms. The SMILES string of the molecule is Cc1ccc(Nc2nc3cc(Cl)c(Cl)cc3[nH]2)nc1. The first-order valence-corrected chi connectivity index (χ1v) is 6.42. The number of anilines is 2. The normalized spacial score (nSPS) is 10.9. The maximum Gasteiger partial charge on any atom is 0.206 e. The highest BCUT2D eigenvalue weighted by molar-refractivity contribution is 6.42. The van der Waals surface area contributed by atoms with Crippen LogP contribution in [0.5, 0.6) is 0 Å². The molecule has 0 amide bonds. The molecule has 1 aromatic carbocycles. The number of imidazole rings is 1. The first kappa shape index (κ1) is 12.3. The van der Waals surface area contributed by atoms with E-state index in [0.29, 0.717) is 16.0 Å². The van der Waals surface area contributed by atoms with Gasteiger partial charge >= 0.3 is 0 Å². The molecule has 0 radical (unpaired) electrons. The van der Waals surface area contributed by atoms with Gasteiger partial charge < -0.3 is 10.3 Å². The highest BCUT2D eigenvalue weighted by Gasteiger charge is 2.07. The van der Waals surface area contributed by atoms with Gasteiger partial charge in [0.1, 0.15) is 5.82 Å². The van der Waals surface area contributed by atoms with Gasteiger partial charge in [-0.05, 0) is 30.7 Å². The minimum absolute atomic E-state index is 0.487. The van der Waals surface area contributed by atoms with Gasteiger partial charge in [-0.2, -0.15) is 0 Å². The van der Waals surface area contributed by atoms with Gasteiger partial charge in [0.15, 0.2) is 0 Å². The summed E-state index contributed by atoms with van der Waals surface area (Å²) in [5.41, 5.74) is 2.68.